The van der Waals surface area contributed by atoms with Gasteiger partial charge < -0.3 is 9.80 Å². The first kappa shape index (κ1) is 15.6. The Labute approximate surface area is 138 Å². The summed E-state index contributed by atoms with van der Waals surface area (Å²) in [6, 6.07) is 16.7. The van der Waals surface area contributed by atoms with E-state index in [0.717, 1.165) is 31.7 Å². The highest BCUT2D eigenvalue weighted by Gasteiger charge is 2.21. The van der Waals surface area contributed by atoms with Crippen LogP contribution >= 0.6 is 0 Å². The maximum atomic E-state index is 12.5. The van der Waals surface area contributed by atoms with Crippen LogP contribution in [0.3, 0.4) is 0 Å². The quantitative estimate of drug-likeness (QED) is 0.869. The van der Waals surface area contributed by atoms with Crippen LogP contribution in [0.25, 0.3) is 0 Å². The molecular formula is C20H24N2O. The molecule has 1 saturated heterocycles. The standard InChI is InChI=1S/C20H24N2O/c1-16-6-5-9-19(14-16)21-10-12-22(13-11-21)20(23)15-18-8-4-3-7-17(18)2/h3-9,14H,10-13,15H2,1-2H3. The minimum atomic E-state index is 0.239. The fourth-order valence-corrected chi connectivity index (χ4v) is 3.12. The minimum Gasteiger partial charge on any atom is -0.368 e. The lowest BCUT2D eigenvalue weighted by molar-refractivity contribution is -0.130. The number of benzene rings is 2. The smallest absolute Gasteiger partial charge is 0.227 e. The number of hydrogen-bond donors (Lipinski definition) is 0. The largest absolute Gasteiger partial charge is 0.368 e. The van der Waals surface area contributed by atoms with Crippen LogP contribution in [-0.4, -0.2) is 37.0 Å². The summed E-state index contributed by atoms with van der Waals surface area (Å²) in [7, 11) is 0. The number of amides is 1. The van der Waals surface area contributed by atoms with Crippen LogP contribution < -0.4 is 4.90 Å². The summed E-state index contributed by atoms with van der Waals surface area (Å²) in [5.41, 5.74) is 4.87. The lowest BCUT2D eigenvalue weighted by Crippen LogP contribution is -2.49. The van der Waals surface area contributed by atoms with Crippen molar-refractivity contribution in [3.8, 4) is 0 Å². The summed E-state index contributed by atoms with van der Waals surface area (Å²) in [5.74, 6) is 0.239. The van der Waals surface area contributed by atoms with Crippen LogP contribution in [0.4, 0.5) is 5.69 Å². The molecule has 1 heterocycles. The van der Waals surface area contributed by atoms with E-state index in [0.29, 0.717) is 6.42 Å². The summed E-state index contributed by atoms with van der Waals surface area (Å²) in [4.78, 5) is 16.9. The van der Waals surface area contributed by atoms with Crippen LogP contribution in [0.2, 0.25) is 0 Å². The summed E-state index contributed by atoms with van der Waals surface area (Å²) in [6.07, 6.45) is 0.511. The first-order valence-corrected chi connectivity index (χ1v) is 8.27. The summed E-state index contributed by atoms with van der Waals surface area (Å²) in [5, 5.41) is 0. The Morgan fingerprint density at radius 2 is 1.70 bits per heavy atom. The van der Waals surface area contributed by atoms with Gasteiger partial charge in [-0.05, 0) is 42.7 Å². The van der Waals surface area contributed by atoms with Crippen LogP contribution in [0.5, 0.6) is 0 Å². The molecule has 0 atom stereocenters. The number of rotatable bonds is 3. The van der Waals surface area contributed by atoms with E-state index in [1.165, 1.54) is 16.8 Å². The van der Waals surface area contributed by atoms with Gasteiger partial charge in [0.1, 0.15) is 0 Å². The number of piperazine rings is 1. The summed E-state index contributed by atoms with van der Waals surface area (Å²) >= 11 is 0. The number of nitrogens with zero attached hydrogens (tertiary/aromatic N) is 2. The molecule has 1 fully saturated rings. The zero-order chi connectivity index (χ0) is 16.2. The average molecular weight is 308 g/mol. The zero-order valence-electron chi connectivity index (χ0n) is 14.0. The third-order valence-corrected chi connectivity index (χ3v) is 4.60. The van der Waals surface area contributed by atoms with Crippen molar-refractivity contribution >= 4 is 11.6 Å². The van der Waals surface area contributed by atoms with E-state index in [2.05, 4.69) is 55.1 Å². The minimum absolute atomic E-state index is 0.239. The van der Waals surface area contributed by atoms with Crippen LogP contribution in [-0.2, 0) is 11.2 Å². The number of carbonyl (C=O) groups excluding carboxylic acids is 1. The monoisotopic (exact) mass is 308 g/mol. The molecule has 1 amide bonds. The van der Waals surface area contributed by atoms with Gasteiger partial charge in [-0.25, -0.2) is 0 Å². The Morgan fingerprint density at radius 3 is 2.39 bits per heavy atom. The summed E-state index contributed by atoms with van der Waals surface area (Å²) in [6.45, 7) is 7.60. The SMILES string of the molecule is Cc1cccc(N2CCN(C(=O)Cc3ccccc3C)CC2)c1. The zero-order valence-corrected chi connectivity index (χ0v) is 14.0. The molecule has 0 radical (unpaired) electrons. The molecular weight excluding hydrogens is 284 g/mol. The van der Waals surface area contributed by atoms with Gasteiger partial charge in [0.25, 0.3) is 0 Å². The normalized spacial score (nSPS) is 14.9. The van der Waals surface area contributed by atoms with Crippen LogP contribution in [0.15, 0.2) is 48.5 Å². The van der Waals surface area contributed by atoms with Gasteiger partial charge in [0.2, 0.25) is 5.91 Å². The Bertz CT molecular complexity index is 688. The molecule has 3 nitrogen and oxygen atoms in total. The maximum absolute atomic E-state index is 12.5. The number of hydrogen-bond acceptors (Lipinski definition) is 2. The molecule has 0 bridgehead atoms. The Balaban J connectivity index is 1.58. The highest BCUT2D eigenvalue weighted by Crippen LogP contribution is 2.18. The van der Waals surface area contributed by atoms with Crippen molar-refractivity contribution < 1.29 is 4.79 Å². The molecule has 0 aliphatic carbocycles. The van der Waals surface area contributed by atoms with Crippen molar-refractivity contribution in [3.05, 3.63) is 65.2 Å². The van der Waals surface area contributed by atoms with E-state index in [9.17, 15) is 4.79 Å². The van der Waals surface area contributed by atoms with Gasteiger partial charge in [-0.3, -0.25) is 4.79 Å². The fourth-order valence-electron chi connectivity index (χ4n) is 3.12. The Kier molecular flexibility index (Phi) is 4.65. The molecule has 0 N–H and O–H groups in total. The van der Waals surface area contributed by atoms with Crippen LogP contribution in [0, 0.1) is 13.8 Å². The molecule has 120 valence electrons. The van der Waals surface area contributed by atoms with Crippen LogP contribution in [0.1, 0.15) is 16.7 Å². The average Bonchev–Trinajstić information content (AvgIpc) is 2.57. The van der Waals surface area contributed by atoms with Crippen molar-refractivity contribution in [2.75, 3.05) is 31.1 Å². The molecule has 0 spiro atoms. The fraction of sp³-hybridized carbons (Fsp3) is 0.350. The molecule has 0 unspecified atom stereocenters. The van der Waals surface area contributed by atoms with Gasteiger partial charge >= 0.3 is 0 Å². The topological polar surface area (TPSA) is 23.6 Å². The predicted octanol–water partition coefficient (Wildman–Crippen LogP) is 3.19. The highest BCUT2D eigenvalue weighted by atomic mass is 16.2. The van der Waals surface area contributed by atoms with E-state index in [1.54, 1.807) is 0 Å². The summed E-state index contributed by atoms with van der Waals surface area (Å²) < 4.78 is 0. The van der Waals surface area contributed by atoms with Gasteiger partial charge in [-0.1, -0.05) is 36.4 Å². The van der Waals surface area contributed by atoms with Gasteiger partial charge in [-0.15, -0.1) is 0 Å². The predicted molar refractivity (Wildman–Crippen MR) is 94.9 cm³/mol. The van der Waals surface area contributed by atoms with Crippen molar-refractivity contribution in [1.82, 2.24) is 4.90 Å². The van der Waals surface area contributed by atoms with E-state index >= 15 is 0 Å². The van der Waals surface area contributed by atoms with E-state index < -0.39 is 0 Å². The number of carbonyl (C=O) groups is 1. The molecule has 3 rings (SSSR count). The molecule has 1 aliphatic rings. The molecule has 0 saturated carbocycles. The van der Waals surface area contributed by atoms with Gasteiger partial charge in [0.15, 0.2) is 0 Å². The third-order valence-electron chi connectivity index (χ3n) is 4.60. The number of aryl methyl sites for hydroxylation is 2. The van der Waals surface area contributed by atoms with Crippen molar-refractivity contribution in [2.24, 2.45) is 0 Å². The van der Waals surface area contributed by atoms with E-state index in [-0.39, 0.29) is 5.91 Å². The Morgan fingerprint density at radius 1 is 0.957 bits per heavy atom. The molecule has 2 aromatic rings. The lowest BCUT2D eigenvalue weighted by Gasteiger charge is -2.36. The van der Waals surface area contributed by atoms with Crippen molar-refractivity contribution in [2.45, 2.75) is 20.3 Å². The second-order valence-corrected chi connectivity index (χ2v) is 6.31. The molecule has 3 heteroatoms. The molecule has 2 aromatic carbocycles. The van der Waals surface area contributed by atoms with Gasteiger partial charge in [-0.2, -0.15) is 0 Å². The lowest BCUT2D eigenvalue weighted by atomic mass is 10.1. The first-order chi connectivity index (χ1) is 11.1. The second kappa shape index (κ2) is 6.86. The van der Waals surface area contributed by atoms with Gasteiger partial charge in [0, 0.05) is 31.9 Å². The van der Waals surface area contributed by atoms with Gasteiger partial charge in [0.05, 0.1) is 6.42 Å². The molecule has 23 heavy (non-hydrogen) atoms. The second-order valence-electron chi connectivity index (χ2n) is 6.31. The van der Waals surface area contributed by atoms with E-state index in [4.69, 9.17) is 0 Å². The highest BCUT2D eigenvalue weighted by molar-refractivity contribution is 5.79. The molecule has 1 aliphatic heterocycles. The van der Waals surface area contributed by atoms with E-state index in [1.807, 2.05) is 17.0 Å². The maximum Gasteiger partial charge on any atom is 0.227 e. The van der Waals surface area contributed by atoms with Crippen molar-refractivity contribution in [1.29, 1.82) is 0 Å². The first-order valence-electron chi connectivity index (χ1n) is 8.27. The number of anilines is 1. The molecule has 0 aromatic heterocycles. The third kappa shape index (κ3) is 3.73. The van der Waals surface area contributed by atoms with Crippen molar-refractivity contribution in [3.63, 3.8) is 0 Å². The Hall–Kier alpha value is -2.29.